The summed E-state index contributed by atoms with van der Waals surface area (Å²) in [5, 5.41) is 0. The molecule has 0 saturated carbocycles. The van der Waals surface area contributed by atoms with Crippen molar-refractivity contribution in [1.82, 2.24) is 4.98 Å². The molecule has 0 bridgehead atoms. The largest absolute Gasteiger partial charge is 0.417 e. The number of nitrogens with one attached hydrogen (secondary N) is 1. The van der Waals surface area contributed by atoms with Crippen LogP contribution < -0.4 is 5.76 Å². The molecule has 23 heavy (non-hydrogen) atoms. The molecule has 0 radical (unpaired) electrons. The molecule has 8 heteroatoms. The predicted molar refractivity (Wildman–Crippen MR) is 76.1 cm³/mol. The number of oxazole rings is 1. The first kappa shape index (κ1) is 16.3. The fourth-order valence-electron chi connectivity index (χ4n) is 1.67. The van der Waals surface area contributed by atoms with Gasteiger partial charge in [0.1, 0.15) is 0 Å². The highest BCUT2D eigenvalue weighted by Gasteiger charge is 2.29. The van der Waals surface area contributed by atoms with E-state index in [0.717, 1.165) is 29.8 Å². The lowest BCUT2D eigenvalue weighted by Crippen LogP contribution is -2.03. The van der Waals surface area contributed by atoms with Crippen molar-refractivity contribution in [1.29, 1.82) is 0 Å². The summed E-state index contributed by atoms with van der Waals surface area (Å²) >= 11 is 0. The highest BCUT2D eigenvalue weighted by atomic mass is 19.4. The maximum absolute atomic E-state index is 12.0. The van der Waals surface area contributed by atoms with Gasteiger partial charge in [0.2, 0.25) is 6.08 Å². The van der Waals surface area contributed by atoms with Gasteiger partial charge in [-0.2, -0.15) is 18.2 Å². The van der Waals surface area contributed by atoms with Crippen LogP contribution in [0.15, 0.2) is 62.7 Å². The average Bonchev–Trinajstić information content (AvgIpc) is 2.88. The number of hydrogen-bond acceptors (Lipinski definition) is 4. The minimum atomic E-state index is -4.36. The van der Waals surface area contributed by atoms with Crippen LogP contribution in [0.3, 0.4) is 0 Å². The van der Waals surface area contributed by atoms with E-state index in [1.807, 2.05) is 12.1 Å². The second-order valence-corrected chi connectivity index (χ2v) is 4.26. The van der Waals surface area contributed by atoms with E-state index in [4.69, 9.17) is 4.42 Å². The number of benzene rings is 2. The molecule has 1 heterocycles. The Balaban J connectivity index is 0.000000172. The predicted octanol–water partition coefficient (Wildman–Crippen LogP) is 3.79. The van der Waals surface area contributed by atoms with Gasteiger partial charge in [-0.15, -0.1) is 0 Å². The van der Waals surface area contributed by atoms with Gasteiger partial charge >= 0.3 is 11.9 Å². The molecule has 0 saturated heterocycles. The number of isocyanates is 1. The Morgan fingerprint density at radius 2 is 1.70 bits per heavy atom. The van der Waals surface area contributed by atoms with Crippen LogP contribution in [0.4, 0.5) is 18.9 Å². The van der Waals surface area contributed by atoms with E-state index >= 15 is 0 Å². The van der Waals surface area contributed by atoms with Crippen molar-refractivity contribution in [3.8, 4) is 0 Å². The van der Waals surface area contributed by atoms with Crippen molar-refractivity contribution in [2.45, 2.75) is 6.18 Å². The third kappa shape index (κ3) is 4.42. The van der Waals surface area contributed by atoms with E-state index in [2.05, 4.69) is 9.98 Å². The summed E-state index contributed by atoms with van der Waals surface area (Å²) in [6.07, 6.45) is -3.12. The van der Waals surface area contributed by atoms with E-state index in [1.54, 1.807) is 12.1 Å². The molecule has 0 unspecified atom stereocenters. The average molecular weight is 322 g/mol. The lowest BCUT2D eigenvalue weighted by Gasteiger charge is -2.04. The van der Waals surface area contributed by atoms with Gasteiger partial charge in [0.15, 0.2) is 5.58 Å². The van der Waals surface area contributed by atoms with Gasteiger partial charge in [-0.05, 0) is 36.4 Å². The summed E-state index contributed by atoms with van der Waals surface area (Å²) in [5.41, 5.74) is 0.736. The number of nitrogens with zero attached hydrogens (tertiary/aromatic N) is 1. The lowest BCUT2D eigenvalue weighted by atomic mass is 10.2. The molecular weight excluding hydrogens is 313 g/mol. The Kier molecular flexibility index (Phi) is 4.78. The SMILES string of the molecule is O=C=Nc1ccc(C(F)(F)F)cc1.O=c1[nH]c2ccccc2o1. The molecule has 0 aliphatic heterocycles. The molecule has 0 amide bonds. The van der Waals surface area contributed by atoms with Gasteiger partial charge in [0.25, 0.3) is 0 Å². The summed E-state index contributed by atoms with van der Waals surface area (Å²) in [5.74, 6) is -0.402. The summed E-state index contributed by atoms with van der Waals surface area (Å²) in [4.78, 5) is 26.0. The molecule has 5 nitrogen and oxygen atoms in total. The van der Waals surface area contributed by atoms with Crippen LogP contribution in [-0.4, -0.2) is 11.1 Å². The second-order valence-electron chi connectivity index (χ2n) is 4.26. The van der Waals surface area contributed by atoms with Crippen molar-refractivity contribution >= 4 is 22.9 Å². The topological polar surface area (TPSA) is 75.4 Å². The van der Waals surface area contributed by atoms with E-state index in [9.17, 15) is 22.8 Å². The van der Waals surface area contributed by atoms with Gasteiger partial charge in [-0.3, -0.25) is 4.98 Å². The first-order chi connectivity index (χ1) is 10.9. The van der Waals surface area contributed by atoms with Crippen molar-refractivity contribution < 1.29 is 22.4 Å². The Labute approximate surface area is 127 Å². The first-order valence-electron chi connectivity index (χ1n) is 6.23. The number of fused-ring (bicyclic) bond motifs is 1. The zero-order valence-corrected chi connectivity index (χ0v) is 11.4. The van der Waals surface area contributed by atoms with E-state index in [0.29, 0.717) is 5.58 Å². The summed E-state index contributed by atoms with van der Waals surface area (Å²) in [6.45, 7) is 0. The maximum Gasteiger partial charge on any atom is 0.417 e. The standard InChI is InChI=1S/C8H4F3NO.C7H5NO2/c9-8(10,11)6-1-3-7(4-2-6)12-5-13;9-7-8-5-3-1-2-4-6(5)10-7/h1-4H;1-4H,(H,8,9). The Hall–Kier alpha value is -3.12. The number of aliphatic imine (C=N–C) groups is 1. The Morgan fingerprint density at radius 3 is 2.26 bits per heavy atom. The lowest BCUT2D eigenvalue weighted by molar-refractivity contribution is -0.137. The monoisotopic (exact) mass is 322 g/mol. The molecular formula is C15H9F3N2O3. The zero-order chi connectivity index (χ0) is 16.9. The van der Waals surface area contributed by atoms with Gasteiger partial charge in [0, 0.05) is 0 Å². The van der Waals surface area contributed by atoms with Gasteiger partial charge in [-0.1, -0.05) is 12.1 Å². The van der Waals surface area contributed by atoms with Crippen LogP contribution >= 0.6 is 0 Å². The number of rotatable bonds is 1. The van der Waals surface area contributed by atoms with Crippen molar-refractivity contribution in [3.05, 3.63) is 64.6 Å². The van der Waals surface area contributed by atoms with Crippen molar-refractivity contribution in [3.63, 3.8) is 0 Å². The molecule has 1 N–H and O–H groups in total. The molecule has 0 spiro atoms. The van der Waals surface area contributed by atoms with Crippen LogP contribution in [0.1, 0.15) is 5.56 Å². The molecule has 3 aromatic rings. The summed E-state index contributed by atoms with van der Waals surface area (Å²) in [7, 11) is 0. The fourth-order valence-corrected chi connectivity index (χ4v) is 1.67. The summed E-state index contributed by atoms with van der Waals surface area (Å²) < 4.78 is 40.7. The van der Waals surface area contributed by atoms with Gasteiger partial charge in [-0.25, -0.2) is 9.59 Å². The minimum Gasteiger partial charge on any atom is -0.408 e. The number of aromatic amines is 1. The van der Waals surface area contributed by atoms with Crippen LogP contribution in [0.25, 0.3) is 11.1 Å². The normalized spacial score (nSPS) is 10.6. The number of aromatic nitrogens is 1. The quantitative estimate of drug-likeness (QED) is 0.547. The molecule has 0 aliphatic rings. The zero-order valence-electron chi connectivity index (χ0n) is 11.4. The Morgan fingerprint density at radius 1 is 1.04 bits per heavy atom. The molecule has 3 rings (SSSR count). The Bertz CT molecular complexity index is 852. The number of H-pyrrole nitrogens is 1. The third-order valence-corrected chi connectivity index (χ3v) is 2.70. The highest BCUT2D eigenvalue weighted by Crippen LogP contribution is 2.30. The van der Waals surface area contributed by atoms with Gasteiger partial charge in [0.05, 0.1) is 16.8 Å². The highest BCUT2D eigenvalue weighted by molar-refractivity contribution is 5.71. The summed E-state index contributed by atoms with van der Waals surface area (Å²) in [6, 6.07) is 11.1. The number of hydrogen-bond donors (Lipinski definition) is 1. The van der Waals surface area contributed by atoms with Crippen LogP contribution in [0.5, 0.6) is 0 Å². The number of para-hydroxylation sites is 2. The number of carbonyl (C=O) groups excluding carboxylic acids is 1. The van der Waals surface area contributed by atoms with Crippen molar-refractivity contribution in [2.24, 2.45) is 4.99 Å². The first-order valence-corrected chi connectivity index (χ1v) is 6.23. The third-order valence-electron chi connectivity index (χ3n) is 2.70. The molecule has 0 atom stereocenters. The van der Waals surface area contributed by atoms with E-state index in [-0.39, 0.29) is 5.69 Å². The van der Waals surface area contributed by atoms with E-state index in [1.165, 1.54) is 6.08 Å². The smallest absolute Gasteiger partial charge is 0.408 e. The molecule has 118 valence electrons. The molecule has 2 aromatic carbocycles. The number of halogens is 3. The van der Waals surface area contributed by atoms with Gasteiger partial charge < -0.3 is 4.42 Å². The molecule has 0 fully saturated rings. The maximum atomic E-state index is 12.0. The van der Waals surface area contributed by atoms with Crippen LogP contribution in [0, 0.1) is 0 Å². The second kappa shape index (κ2) is 6.76. The van der Waals surface area contributed by atoms with Crippen LogP contribution in [0.2, 0.25) is 0 Å². The van der Waals surface area contributed by atoms with Crippen LogP contribution in [-0.2, 0) is 11.0 Å². The molecule has 0 aliphatic carbocycles. The minimum absolute atomic E-state index is 0.156. The van der Waals surface area contributed by atoms with Crippen molar-refractivity contribution in [2.75, 3.05) is 0 Å². The number of alkyl halides is 3. The fraction of sp³-hybridized carbons (Fsp3) is 0.0667. The van der Waals surface area contributed by atoms with E-state index < -0.39 is 17.5 Å². The molecule has 1 aromatic heterocycles.